The number of nitrogens with zero attached hydrogens (tertiary/aromatic N) is 2. The predicted octanol–water partition coefficient (Wildman–Crippen LogP) is 2.93. The number of nitrogen functional groups attached to an aromatic ring is 1. The van der Waals surface area contributed by atoms with Gasteiger partial charge in [0.15, 0.2) is 0 Å². The van der Waals surface area contributed by atoms with Gasteiger partial charge in [0, 0.05) is 17.7 Å². The topological polar surface area (TPSA) is 63.8 Å². The predicted molar refractivity (Wildman–Crippen MR) is 85.1 cm³/mol. The summed E-state index contributed by atoms with van der Waals surface area (Å²) in [5, 5.41) is 0. The molecule has 1 aromatic carbocycles. The van der Waals surface area contributed by atoms with E-state index in [2.05, 4.69) is 41.6 Å². The van der Waals surface area contributed by atoms with Crippen LogP contribution in [0.25, 0.3) is 0 Å². The summed E-state index contributed by atoms with van der Waals surface area (Å²) < 4.78 is 0. The Labute approximate surface area is 125 Å². The molecule has 0 amide bonds. The number of nitrogens with one attached hydrogen (secondary N) is 1. The lowest BCUT2D eigenvalue weighted by molar-refractivity contribution is 0.708. The molecule has 0 atom stereocenters. The number of hydrogen-bond donors (Lipinski definition) is 2. The monoisotopic (exact) mass is 282 g/mol. The Morgan fingerprint density at radius 2 is 1.81 bits per heavy atom. The van der Waals surface area contributed by atoms with Gasteiger partial charge in [-0.05, 0) is 38.2 Å². The van der Waals surface area contributed by atoms with Crippen molar-refractivity contribution in [2.75, 3.05) is 5.43 Å². The summed E-state index contributed by atoms with van der Waals surface area (Å²) in [6, 6.07) is 8.53. The lowest BCUT2D eigenvalue weighted by atomic mass is 10.1. The third-order valence-electron chi connectivity index (χ3n) is 4.10. The number of fused-ring (bicyclic) bond motifs is 1. The van der Waals surface area contributed by atoms with Gasteiger partial charge in [0.1, 0.15) is 11.6 Å². The maximum absolute atomic E-state index is 5.67. The number of aryl methyl sites for hydroxylation is 2. The summed E-state index contributed by atoms with van der Waals surface area (Å²) in [4.78, 5) is 9.41. The van der Waals surface area contributed by atoms with Gasteiger partial charge in [0.25, 0.3) is 0 Å². The molecule has 1 aliphatic carbocycles. The first-order chi connectivity index (χ1) is 10.3. The van der Waals surface area contributed by atoms with E-state index >= 15 is 0 Å². The van der Waals surface area contributed by atoms with E-state index in [-0.39, 0.29) is 0 Å². The highest BCUT2D eigenvalue weighted by Crippen LogP contribution is 2.25. The number of hydrazine groups is 1. The Hall–Kier alpha value is -1.94. The fourth-order valence-electron chi connectivity index (χ4n) is 2.91. The van der Waals surface area contributed by atoms with Gasteiger partial charge in [-0.3, -0.25) is 0 Å². The molecule has 0 unspecified atom stereocenters. The molecule has 0 radical (unpaired) electrons. The fraction of sp³-hybridized carbons (Fsp3) is 0.412. The number of aromatic nitrogens is 2. The molecule has 1 aliphatic rings. The lowest BCUT2D eigenvalue weighted by Gasteiger charge is -2.12. The van der Waals surface area contributed by atoms with Crippen LogP contribution in [0.4, 0.5) is 5.82 Å². The van der Waals surface area contributed by atoms with Crippen molar-refractivity contribution in [2.24, 2.45) is 5.84 Å². The van der Waals surface area contributed by atoms with Crippen molar-refractivity contribution in [2.45, 2.75) is 45.4 Å². The lowest BCUT2D eigenvalue weighted by Crippen LogP contribution is -2.15. The van der Waals surface area contributed by atoms with E-state index in [0.717, 1.165) is 30.9 Å². The van der Waals surface area contributed by atoms with Crippen molar-refractivity contribution in [3.63, 3.8) is 0 Å². The molecule has 2 aromatic rings. The molecule has 3 rings (SSSR count). The van der Waals surface area contributed by atoms with E-state index in [0.29, 0.717) is 0 Å². The van der Waals surface area contributed by atoms with Crippen LogP contribution in [-0.2, 0) is 19.3 Å². The van der Waals surface area contributed by atoms with Gasteiger partial charge >= 0.3 is 0 Å². The van der Waals surface area contributed by atoms with Gasteiger partial charge in [-0.15, -0.1) is 0 Å². The Morgan fingerprint density at radius 3 is 2.57 bits per heavy atom. The molecular formula is C17H22N4. The van der Waals surface area contributed by atoms with Crippen molar-refractivity contribution in [3.8, 4) is 0 Å². The zero-order valence-electron chi connectivity index (χ0n) is 12.5. The molecule has 3 N–H and O–H groups in total. The number of anilines is 1. The van der Waals surface area contributed by atoms with Gasteiger partial charge < -0.3 is 5.43 Å². The zero-order chi connectivity index (χ0) is 14.7. The fourth-order valence-corrected chi connectivity index (χ4v) is 2.91. The van der Waals surface area contributed by atoms with Crippen LogP contribution >= 0.6 is 0 Å². The number of hydrogen-bond acceptors (Lipinski definition) is 4. The van der Waals surface area contributed by atoms with Crippen molar-refractivity contribution in [1.82, 2.24) is 9.97 Å². The number of nitrogens with two attached hydrogens (primary N) is 1. The van der Waals surface area contributed by atoms with Crippen LogP contribution in [0.3, 0.4) is 0 Å². The second-order valence-electron chi connectivity index (χ2n) is 5.78. The largest absolute Gasteiger partial charge is 0.308 e. The molecule has 0 aliphatic heterocycles. The summed E-state index contributed by atoms with van der Waals surface area (Å²) in [6.45, 7) is 2.10. The minimum absolute atomic E-state index is 0.752. The summed E-state index contributed by atoms with van der Waals surface area (Å²) in [5.41, 5.74) is 7.66. The third kappa shape index (κ3) is 3.22. The zero-order valence-corrected chi connectivity index (χ0v) is 12.5. The highest BCUT2D eigenvalue weighted by Gasteiger charge is 2.16. The standard InChI is InChI=1S/C17H22N4/c1-12-7-9-13(10-8-12)11-16-19-15-6-4-2-3-5-14(15)17(20-16)21-18/h7-10H,2-6,11,18H2,1H3,(H,19,20,21). The maximum atomic E-state index is 5.67. The first kappa shape index (κ1) is 14.0. The Bertz CT molecular complexity index is 619. The van der Waals surface area contributed by atoms with Crippen LogP contribution in [-0.4, -0.2) is 9.97 Å². The molecule has 1 aromatic heterocycles. The minimum atomic E-state index is 0.752. The summed E-state index contributed by atoms with van der Waals surface area (Å²) in [5.74, 6) is 7.33. The summed E-state index contributed by atoms with van der Waals surface area (Å²) in [6.07, 6.45) is 6.48. The van der Waals surface area contributed by atoms with Crippen LogP contribution in [0, 0.1) is 6.92 Å². The average molecular weight is 282 g/mol. The molecule has 21 heavy (non-hydrogen) atoms. The van der Waals surface area contributed by atoms with Crippen molar-refractivity contribution >= 4 is 5.82 Å². The highest BCUT2D eigenvalue weighted by atomic mass is 15.3. The van der Waals surface area contributed by atoms with Crippen LogP contribution in [0.5, 0.6) is 0 Å². The van der Waals surface area contributed by atoms with Crippen LogP contribution < -0.4 is 11.3 Å². The van der Waals surface area contributed by atoms with E-state index in [1.165, 1.54) is 41.6 Å². The molecular weight excluding hydrogens is 260 g/mol. The molecule has 1 heterocycles. The second kappa shape index (κ2) is 6.22. The molecule has 0 fully saturated rings. The summed E-state index contributed by atoms with van der Waals surface area (Å²) in [7, 11) is 0. The molecule has 110 valence electrons. The van der Waals surface area contributed by atoms with E-state index in [9.17, 15) is 0 Å². The first-order valence-electron chi connectivity index (χ1n) is 7.67. The molecule has 0 spiro atoms. The number of rotatable bonds is 3. The quantitative estimate of drug-likeness (QED) is 0.516. The van der Waals surface area contributed by atoms with Gasteiger partial charge in [-0.25, -0.2) is 15.8 Å². The molecule has 4 heteroatoms. The van der Waals surface area contributed by atoms with Crippen molar-refractivity contribution in [1.29, 1.82) is 0 Å². The Kier molecular flexibility index (Phi) is 4.15. The van der Waals surface area contributed by atoms with Crippen molar-refractivity contribution < 1.29 is 0 Å². The second-order valence-corrected chi connectivity index (χ2v) is 5.78. The van der Waals surface area contributed by atoms with E-state index in [1.807, 2.05) is 0 Å². The first-order valence-corrected chi connectivity index (χ1v) is 7.67. The molecule has 4 nitrogen and oxygen atoms in total. The Morgan fingerprint density at radius 1 is 1.05 bits per heavy atom. The average Bonchev–Trinajstić information content (AvgIpc) is 2.74. The molecule has 0 bridgehead atoms. The Balaban J connectivity index is 1.92. The van der Waals surface area contributed by atoms with Crippen molar-refractivity contribution in [3.05, 3.63) is 52.5 Å². The van der Waals surface area contributed by atoms with Gasteiger partial charge in [0.2, 0.25) is 0 Å². The maximum Gasteiger partial charge on any atom is 0.147 e. The van der Waals surface area contributed by atoms with Crippen LogP contribution in [0.1, 0.15) is 47.5 Å². The number of benzene rings is 1. The van der Waals surface area contributed by atoms with E-state index in [4.69, 9.17) is 10.8 Å². The van der Waals surface area contributed by atoms with E-state index in [1.54, 1.807) is 0 Å². The SMILES string of the molecule is Cc1ccc(Cc2nc3c(c(NN)n2)CCCCC3)cc1. The summed E-state index contributed by atoms with van der Waals surface area (Å²) >= 11 is 0. The minimum Gasteiger partial charge on any atom is -0.308 e. The van der Waals surface area contributed by atoms with E-state index < -0.39 is 0 Å². The van der Waals surface area contributed by atoms with Crippen LogP contribution in [0.2, 0.25) is 0 Å². The highest BCUT2D eigenvalue weighted by molar-refractivity contribution is 5.46. The normalized spacial score (nSPS) is 14.4. The third-order valence-corrected chi connectivity index (χ3v) is 4.10. The van der Waals surface area contributed by atoms with Gasteiger partial charge in [-0.2, -0.15) is 0 Å². The smallest absolute Gasteiger partial charge is 0.147 e. The molecule has 0 saturated carbocycles. The van der Waals surface area contributed by atoms with Gasteiger partial charge in [0.05, 0.1) is 0 Å². The van der Waals surface area contributed by atoms with Crippen LogP contribution in [0.15, 0.2) is 24.3 Å². The molecule has 0 saturated heterocycles. The van der Waals surface area contributed by atoms with Gasteiger partial charge in [-0.1, -0.05) is 36.2 Å².